The minimum absolute atomic E-state index is 0.00447. The van der Waals surface area contributed by atoms with Crippen molar-refractivity contribution in [1.29, 1.82) is 0 Å². The minimum Gasteiger partial charge on any atom is -0.336 e. The van der Waals surface area contributed by atoms with Crippen LogP contribution in [0.5, 0.6) is 0 Å². The Morgan fingerprint density at radius 1 is 1.07 bits per heavy atom. The van der Waals surface area contributed by atoms with Gasteiger partial charge in [-0.15, -0.1) is 0 Å². The van der Waals surface area contributed by atoms with Crippen LogP contribution in [0.2, 0.25) is 5.02 Å². The fraction of sp³-hybridized carbons (Fsp3) is 0.200. The number of halogens is 1. The second-order valence-electron chi connectivity index (χ2n) is 6.78. The molecule has 156 valence electrons. The van der Waals surface area contributed by atoms with Crippen molar-refractivity contribution >= 4 is 39.3 Å². The third-order valence-electron chi connectivity index (χ3n) is 4.76. The lowest BCUT2D eigenvalue weighted by atomic mass is 10.1. The third kappa shape index (κ3) is 4.39. The first-order chi connectivity index (χ1) is 14.3. The van der Waals surface area contributed by atoms with E-state index in [1.807, 2.05) is 23.9 Å². The first-order valence-corrected chi connectivity index (χ1v) is 12.3. The Kier molecular flexibility index (Phi) is 5.88. The zero-order valence-corrected chi connectivity index (χ0v) is 18.3. The van der Waals surface area contributed by atoms with Crippen LogP contribution in [0.25, 0.3) is 16.9 Å². The molecular formula is C20H19ClN4O3S2. The van der Waals surface area contributed by atoms with E-state index in [1.54, 1.807) is 39.9 Å². The van der Waals surface area contributed by atoms with Crippen LogP contribution in [-0.4, -0.2) is 53.6 Å². The molecule has 2 heterocycles. The highest BCUT2D eigenvalue weighted by Gasteiger charge is 2.23. The van der Waals surface area contributed by atoms with E-state index in [0.717, 1.165) is 17.1 Å². The minimum atomic E-state index is -3.80. The molecule has 1 fully saturated rings. The average Bonchev–Trinajstić information content (AvgIpc) is 3.19. The van der Waals surface area contributed by atoms with Gasteiger partial charge in [0.15, 0.2) is 5.69 Å². The van der Waals surface area contributed by atoms with Gasteiger partial charge in [0.25, 0.3) is 5.91 Å². The standard InChI is InChI=1S/C20H19ClN4O3S2/c21-15-3-1-2-14(12-15)19-13-18(20(26)24-8-10-29-11-9-24)23-25(19)16-4-6-17(7-5-16)30(22,27)28/h1-7,12-13H,8-11H2,(H2,22,27,28). The van der Waals surface area contributed by atoms with Gasteiger partial charge >= 0.3 is 0 Å². The number of carbonyl (C=O) groups excluding carboxylic acids is 1. The molecule has 7 nitrogen and oxygen atoms in total. The quantitative estimate of drug-likeness (QED) is 0.642. The highest BCUT2D eigenvalue weighted by atomic mass is 35.5. The van der Waals surface area contributed by atoms with Crippen molar-refractivity contribution in [2.75, 3.05) is 24.6 Å². The molecule has 2 N–H and O–H groups in total. The van der Waals surface area contributed by atoms with E-state index in [-0.39, 0.29) is 10.8 Å². The number of benzene rings is 2. The van der Waals surface area contributed by atoms with Crippen LogP contribution in [-0.2, 0) is 10.0 Å². The van der Waals surface area contributed by atoms with Gasteiger partial charge in [0.1, 0.15) is 0 Å². The summed E-state index contributed by atoms with van der Waals surface area (Å²) in [6.07, 6.45) is 0. The Balaban J connectivity index is 1.79. The number of rotatable bonds is 4. The molecule has 1 aliphatic heterocycles. The number of aromatic nitrogens is 2. The number of primary sulfonamides is 1. The molecule has 1 saturated heterocycles. The molecule has 3 aromatic rings. The molecule has 0 bridgehead atoms. The molecule has 0 aliphatic carbocycles. The predicted octanol–water partition coefficient (Wildman–Crippen LogP) is 3.03. The van der Waals surface area contributed by atoms with Crippen LogP contribution in [0.4, 0.5) is 0 Å². The van der Waals surface area contributed by atoms with Crippen LogP contribution >= 0.6 is 23.4 Å². The molecule has 10 heteroatoms. The van der Waals surface area contributed by atoms with E-state index in [1.165, 1.54) is 12.1 Å². The van der Waals surface area contributed by atoms with Gasteiger partial charge in [-0.05, 0) is 42.5 Å². The smallest absolute Gasteiger partial charge is 0.274 e. The molecule has 0 saturated carbocycles. The molecule has 0 spiro atoms. The Bertz CT molecular complexity index is 1190. The molecule has 0 atom stereocenters. The molecule has 30 heavy (non-hydrogen) atoms. The highest BCUT2D eigenvalue weighted by Crippen LogP contribution is 2.27. The van der Waals surface area contributed by atoms with Gasteiger partial charge in [-0.1, -0.05) is 23.7 Å². The van der Waals surface area contributed by atoms with Gasteiger partial charge in [0, 0.05) is 35.2 Å². The molecule has 4 rings (SSSR count). The second-order valence-corrected chi connectivity index (χ2v) is 10.0. The highest BCUT2D eigenvalue weighted by molar-refractivity contribution is 7.99. The van der Waals surface area contributed by atoms with Gasteiger partial charge in [-0.2, -0.15) is 16.9 Å². The van der Waals surface area contributed by atoms with E-state index in [4.69, 9.17) is 16.7 Å². The summed E-state index contributed by atoms with van der Waals surface area (Å²) in [4.78, 5) is 14.8. The van der Waals surface area contributed by atoms with Crippen molar-refractivity contribution in [2.45, 2.75) is 4.90 Å². The monoisotopic (exact) mass is 462 g/mol. The maximum absolute atomic E-state index is 13.0. The van der Waals surface area contributed by atoms with Crippen molar-refractivity contribution in [3.63, 3.8) is 0 Å². The normalized spacial score (nSPS) is 14.7. The molecule has 1 amide bonds. The number of nitrogens with two attached hydrogens (primary N) is 1. The van der Waals surface area contributed by atoms with E-state index < -0.39 is 10.0 Å². The van der Waals surface area contributed by atoms with E-state index in [9.17, 15) is 13.2 Å². The summed E-state index contributed by atoms with van der Waals surface area (Å²) in [5.41, 5.74) is 2.40. The van der Waals surface area contributed by atoms with E-state index in [0.29, 0.717) is 35.2 Å². The van der Waals surface area contributed by atoms with Gasteiger partial charge in [-0.25, -0.2) is 18.2 Å². The van der Waals surface area contributed by atoms with E-state index >= 15 is 0 Å². The number of hydrogen-bond donors (Lipinski definition) is 1. The number of amides is 1. The maximum Gasteiger partial charge on any atom is 0.274 e. The summed E-state index contributed by atoms with van der Waals surface area (Å²) in [5, 5.41) is 10.3. The first kappa shape index (κ1) is 20.9. The summed E-state index contributed by atoms with van der Waals surface area (Å²) in [7, 11) is -3.80. The summed E-state index contributed by atoms with van der Waals surface area (Å²) in [6.45, 7) is 1.37. The van der Waals surface area contributed by atoms with Crippen molar-refractivity contribution in [3.8, 4) is 16.9 Å². The van der Waals surface area contributed by atoms with Crippen LogP contribution in [0, 0.1) is 0 Å². The van der Waals surface area contributed by atoms with Gasteiger partial charge in [0.05, 0.1) is 16.3 Å². The van der Waals surface area contributed by atoms with E-state index in [2.05, 4.69) is 5.10 Å². The largest absolute Gasteiger partial charge is 0.336 e. The molecule has 1 aromatic heterocycles. The van der Waals surface area contributed by atoms with Crippen molar-refractivity contribution in [2.24, 2.45) is 5.14 Å². The second kappa shape index (κ2) is 8.43. The molecule has 0 unspecified atom stereocenters. The number of nitrogens with zero attached hydrogens (tertiary/aromatic N) is 3. The Morgan fingerprint density at radius 2 is 1.77 bits per heavy atom. The van der Waals surface area contributed by atoms with Crippen molar-refractivity contribution in [3.05, 3.63) is 65.3 Å². The van der Waals surface area contributed by atoms with Crippen molar-refractivity contribution < 1.29 is 13.2 Å². The topological polar surface area (TPSA) is 98.3 Å². The Hall–Kier alpha value is -2.33. The van der Waals surface area contributed by atoms with Crippen molar-refractivity contribution in [1.82, 2.24) is 14.7 Å². The Morgan fingerprint density at radius 3 is 2.40 bits per heavy atom. The first-order valence-electron chi connectivity index (χ1n) is 9.19. The third-order valence-corrected chi connectivity index (χ3v) is 6.86. The fourth-order valence-electron chi connectivity index (χ4n) is 3.24. The molecular weight excluding hydrogens is 444 g/mol. The summed E-state index contributed by atoms with van der Waals surface area (Å²) >= 11 is 7.99. The molecule has 0 radical (unpaired) electrons. The van der Waals surface area contributed by atoms with Crippen LogP contribution < -0.4 is 5.14 Å². The zero-order chi connectivity index (χ0) is 21.3. The predicted molar refractivity (Wildman–Crippen MR) is 119 cm³/mol. The van der Waals surface area contributed by atoms with Gasteiger partial charge in [-0.3, -0.25) is 4.79 Å². The van der Waals surface area contributed by atoms with Crippen LogP contribution in [0.3, 0.4) is 0 Å². The SMILES string of the molecule is NS(=O)(=O)c1ccc(-n2nc(C(=O)N3CCSCC3)cc2-c2cccc(Cl)c2)cc1. The number of sulfonamides is 1. The lowest BCUT2D eigenvalue weighted by Gasteiger charge is -2.25. The molecule has 2 aromatic carbocycles. The molecule has 1 aliphatic rings. The van der Waals surface area contributed by atoms with Gasteiger partial charge in [0.2, 0.25) is 10.0 Å². The fourth-order valence-corrected chi connectivity index (χ4v) is 4.85. The maximum atomic E-state index is 13.0. The van der Waals surface area contributed by atoms with Gasteiger partial charge < -0.3 is 4.90 Å². The van der Waals surface area contributed by atoms with Crippen LogP contribution in [0.1, 0.15) is 10.5 Å². The number of carbonyl (C=O) groups is 1. The number of hydrogen-bond acceptors (Lipinski definition) is 5. The number of thioether (sulfide) groups is 1. The lowest BCUT2D eigenvalue weighted by Crippen LogP contribution is -2.38. The summed E-state index contributed by atoms with van der Waals surface area (Å²) in [6, 6.07) is 15.0. The van der Waals surface area contributed by atoms with Crippen LogP contribution in [0.15, 0.2) is 59.5 Å². The zero-order valence-electron chi connectivity index (χ0n) is 15.9. The average molecular weight is 463 g/mol. The lowest BCUT2D eigenvalue weighted by molar-refractivity contribution is 0.0766. The summed E-state index contributed by atoms with van der Waals surface area (Å²) < 4.78 is 24.7. The Labute approximate surface area is 183 Å². The summed E-state index contributed by atoms with van der Waals surface area (Å²) in [5.74, 6) is 1.68.